The highest BCUT2D eigenvalue weighted by Gasteiger charge is 2.07. The van der Waals surface area contributed by atoms with E-state index >= 15 is 0 Å². The van der Waals surface area contributed by atoms with Gasteiger partial charge in [0, 0.05) is 12.8 Å². The third-order valence-electron chi connectivity index (χ3n) is 11.3. The van der Waals surface area contributed by atoms with E-state index in [1.165, 1.54) is 173 Å². The molecule has 0 aromatic rings. The van der Waals surface area contributed by atoms with E-state index in [0.717, 1.165) is 70.6 Å². The molecule has 0 bridgehead atoms. The van der Waals surface area contributed by atoms with Crippen molar-refractivity contribution in [2.75, 3.05) is 19.8 Å². The van der Waals surface area contributed by atoms with Gasteiger partial charge in [-0.2, -0.15) is 0 Å². The van der Waals surface area contributed by atoms with E-state index in [9.17, 15) is 14.4 Å². The van der Waals surface area contributed by atoms with Gasteiger partial charge in [0.15, 0.2) is 0 Å². The lowest BCUT2D eigenvalue weighted by Crippen LogP contribution is -2.12. The van der Waals surface area contributed by atoms with E-state index in [1.807, 2.05) is 0 Å². The van der Waals surface area contributed by atoms with Gasteiger partial charge >= 0.3 is 17.9 Å². The average Bonchev–Trinajstić information content (AvgIpc) is 3.20. The Morgan fingerprint density at radius 1 is 0.281 bits per heavy atom. The van der Waals surface area contributed by atoms with Crippen molar-refractivity contribution in [3.63, 3.8) is 0 Å². The Bertz CT molecular complexity index is 870. The lowest BCUT2D eigenvalue weighted by molar-refractivity contribution is -0.149. The van der Waals surface area contributed by atoms with Gasteiger partial charge in [-0.1, -0.05) is 219 Å². The van der Waals surface area contributed by atoms with Crippen LogP contribution in [-0.4, -0.2) is 37.7 Å². The number of unbranched alkanes of at least 4 members (excludes halogenated alkanes) is 34. The predicted octanol–water partition coefficient (Wildman–Crippen LogP) is 16.2. The normalized spacial score (nSPS) is 11.4. The lowest BCUT2D eigenvalue weighted by Gasteiger charge is -2.06. The number of carbonyl (C=O) groups excluding carboxylic acids is 3. The molecule has 0 aromatic carbocycles. The zero-order chi connectivity index (χ0) is 41.4. The third kappa shape index (κ3) is 48.4. The second-order valence-electron chi connectivity index (χ2n) is 17.0. The van der Waals surface area contributed by atoms with Gasteiger partial charge in [-0.25, -0.2) is 0 Å². The van der Waals surface area contributed by atoms with E-state index < -0.39 is 0 Å². The zero-order valence-electron chi connectivity index (χ0n) is 38.2. The molecule has 6 heteroatoms. The molecule has 336 valence electrons. The summed E-state index contributed by atoms with van der Waals surface area (Å²) in [5.41, 5.74) is 0. The fourth-order valence-electron chi connectivity index (χ4n) is 7.44. The van der Waals surface area contributed by atoms with Crippen LogP contribution in [0.25, 0.3) is 0 Å². The molecule has 6 nitrogen and oxygen atoms in total. The smallest absolute Gasteiger partial charge is 0.309 e. The molecule has 0 heterocycles. The molecule has 0 radical (unpaired) electrons. The highest BCUT2D eigenvalue weighted by atomic mass is 16.5. The molecule has 0 fully saturated rings. The van der Waals surface area contributed by atoms with Crippen LogP contribution in [0.4, 0.5) is 0 Å². The number of carbonyl (C=O) groups is 3. The van der Waals surface area contributed by atoms with Crippen molar-refractivity contribution in [2.45, 2.75) is 277 Å². The maximum absolute atomic E-state index is 12.0. The predicted molar refractivity (Wildman–Crippen MR) is 243 cm³/mol. The van der Waals surface area contributed by atoms with Crippen molar-refractivity contribution in [3.05, 3.63) is 12.2 Å². The summed E-state index contributed by atoms with van der Waals surface area (Å²) in [4.78, 5) is 35.9. The van der Waals surface area contributed by atoms with E-state index in [1.54, 1.807) is 0 Å². The van der Waals surface area contributed by atoms with E-state index in [2.05, 4.69) is 26.0 Å². The van der Waals surface area contributed by atoms with Crippen molar-refractivity contribution in [1.82, 2.24) is 0 Å². The summed E-state index contributed by atoms with van der Waals surface area (Å²) in [7, 11) is 0. The van der Waals surface area contributed by atoms with Crippen molar-refractivity contribution in [3.8, 4) is 0 Å². The molecule has 0 N–H and O–H groups in total. The molecule has 0 aromatic heterocycles. The van der Waals surface area contributed by atoms with Gasteiger partial charge < -0.3 is 14.2 Å². The molecule has 0 aliphatic carbocycles. The quantitative estimate of drug-likeness (QED) is 0.0264. The van der Waals surface area contributed by atoms with Crippen LogP contribution in [0.3, 0.4) is 0 Å². The van der Waals surface area contributed by atoms with Crippen LogP contribution in [0.1, 0.15) is 277 Å². The van der Waals surface area contributed by atoms with Gasteiger partial charge in [0.2, 0.25) is 0 Å². The fourth-order valence-corrected chi connectivity index (χ4v) is 7.44. The minimum absolute atomic E-state index is 0.00496. The van der Waals surface area contributed by atoms with Gasteiger partial charge in [0.05, 0.1) is 19.6 Å². The van der Waals surface area contributed by atoms with E-state index in [-0.39, 0.29) is 30.9 Å². The molecule has 0 aliphatic heterocycles. The summed E-state index contributed by atoms with van der Waals surface area (Å²) in [6.45, 7) is 5.73. The maximum Gasteiger partial charge on any atom is 0.309 e. The SMILES string of the molecule is CCCCCCCCCCCCCCCC(=O)OCCCCCCCC/C=C\CCCCCCCC(=O)OCCC(=O)OCCCCCCCCCCCCCC. The number of hydrogen-bond acceptors (Lipinski definition) is 6. The van der Waals surface area contributed by atoms with Gasteiger partial charge in [0.1, 0.15) is 6.61 Å². The Morgan fingerprint density at radius 3 is 0.860 bits per heavy atom. The monoisotopic (exact) mass is 805 g/mol. The molecule has 0 unspecified atom stereocenters. The Hall–Kier alpha value is -1.85. The second-order valence-corrected chi connectivity index (χ2v) is 17.0. The fraction of sp³-hybridized carbons (Fsp3) is 0.902. The van der Waals surface area contributed by atoms with Crippen LogP contribution in [0, 0.1) is 0 Å². The summed E-state index contributed by atoms with van der Waals surface area (Å²) in [5, 5.41) is 0. The van der Waals surface area contributed by atoms with Gasteiger partial charge in [-0.05, 0) is 51.4 Å². The largest absolute Gasteiger partial charge is 0.466 e. The summed E-state index contributed by atoms with van der Waals surface area (Å²) in [6, 6.07) is 0. The molecular weight excluding hydrogens is 709 g/mol. The maximum atomic E-state index is 12.0. The zero-order valence-corrected chi connectivity index (χ0v) is 38.2. The van der Waals surface area contributed by atoms with Crippen molar-refractivity contribution in [1.29, 1.82) is 0 Å². The molecule has 0 spiro atoms. The topological polar surface area (TPSA) is 78.9 Å². The highest BCUT2D eigenvalue weighted by molar-refractivity contribution is 5.71. The first-order valence-electron chi connectivity index (χ1n) is 25.2. The van der Waals surface area contributed by atoms with Gasteiger partial charge in [-0.15, -0.1) is 0 Å². The first-order valence-corrected chi connectivity index (χ1v) is 25.2. The van der Waals surface area contributed by atoms with Crippen LogP contribution < -0.4 is 0 Å². The van der Waals surface area contributed by atoms with Gasteiger partial charge in [0.25, 0.3) is 0 Å². The van der Waals surface area contributed by atoms with Crippen LogP contribution in [0.5, 0.6) is 0 Å². The lowest BCUT2D eigenvalue weighted by atomic mass is 10.0. The van der Waals surface area contributed by atoms with Crippen LogP contribution in [-0.2, 0) is 28.6 Å². The molecule has 0 aliphatic rings. The van der Waals surface area contributed by atoms with Crippen molar-refractivity contribution < 1.29 is 28.6 Å². The molecule has 57 heavy (non-hydrogen) atoms. The van der Waals surface area contributed by atoms with Crippen molar-refractivity contribution in [2.24, 2.45) is 0 Å². The Balaban J connectivity index is 3.32. The second kappa shape index (κ2) is 48.5. The summed E-state index contributed by atoms with van der Waals surface area (Å²) >= 11 is 0. The average molecular weight is 805 g/mol. The van der Waals surface area contributed by atoms with E-state index in [0.29, 0.717) is 26.1 Å². The number of rotatable bonds is 47. The standard InChI is InChI=1S/C51H96O6/c1-3-5-7-9-11-13-15-20-23-27-31-35-39-43-49(52)55-46-41-37-33-30-26-22-19-17-18-21-24-28-32-36-40-44-50(53)57-48-45-51(54)56-47-42-38-34-29-25-16-14-12-10-8-6-4-2/h17-18H,3-16,19-48H2,1-2H3/b18-17-. The van der Waals surface area contributed by atoms with Crippen LogP contribution in [0.15, 0.2) is 12.2 Å². The van der Waals surface area contributed by atoms with E-state index in [4.69, 9.17) is 14.2 Å². The summed E-state index contributed by atoms with van der Waals surface area (Å²) in [6.07, 6.45) is 53.4. The third-order valence-corrected chi connectivity index (χ3v) is 11.3. The minimum Gasteiger partial charge on any atom is -0.466 e. The Kier molecular flexibility index (Phi) is 46.9. The van der Waals surface area contributed by atoms with Crippen LogP contribution >= 0.6 is 0 Å². The molecule has 0 saturated heterocycles. The Morgan fingerprint density at radius 2 is 0.526 bits per heavy atom. The molecule has 0 amide bonds. The number of allylic oxidation sites excluding steroid dienone is 2. The summed E-state index contributed by atoms with van der Waals surface area (Å²) in [5.74, 6) is -0.477. The van der Waals surface area contributed by atoms with Crippen molar-refractivity contribution >= 4 is 17.9 Å². The first-order chi connectivity index (χ1) is 28.1. The minimum atomic E-state index is -0.266. The van der Waals surface area contributed by atoms with Crippen LogP contribution in [0.2, 0.25) is 0 Å². The van der Waals surface area contributed by atoms with Gasteiger partial charge in [-0.3, -0.25) is 14.4 Å². The molecule has 0 atom stereocenters. The highest BCUT2D eigenvalue weighted by Crippen LogP contribution is 2.15. The first kappa shape index (κ1) is 55.2. The molecule has 0 saturated carbocycles. The molecular formula is C51H96O6. The number of ether oxygens (including phenoxy) is 3. The Labute approximate surface area is 354 Å². The summed E-state index contributed by atoms with van der Waals surface area (Å²) < 4.78 is 16.0. The molecule has 0 rings (SSSR count). The number of esters is 3. The number of hydrogen-bond donors (Lipinski definition) is 0.